The Morgan fingerprint density at radius 3 is 2.88 bits per heavy atom. The molecular formula is C17H13N5O2S. The lowest BCUT2D eigenvalue weighted by atomic mass is 10.2. The number of benzene rings is 2. The molecule has 0 aliphatic rings. The third kappa shape index (κ3) is 2.83. The van der Waals surface area contributed by atoms with Crippen molar-refractivity contribution in [3.8, 4) is 11.4 Å². The molecule has 0 aliphatic heterocycles. The van der Waals surface area contributed by atoms with Gasteiger partial charge in [0.1, 0.15) is 5.75 Å². The second kappa shape index (κ2) is 6.33. The van der Waals surface area contributed by atoms with Gasteiger partial charge in [-0.15, -0.1) is 0 Å². The zero-order valence-corrected chi connectivity index (χ0v) is 14.0. The summed E-state index contributed by atoms with van der Waals surface area (Å²) in [4.78, 5) is 16.9. The van der Waals surface area contributed by atoms with E-state index >= 15 is 0 Å². The van der Waals surface area contributed by atoms with Crippen LogP contribution in [-0.2, 0) is 0 Å². The molecule has 2 heterocycles. The minimum absolute atomic E-state index is 0.259. The van der Waals surface area contributed by atoms with E-state index in [0.717, 1.165) is 34.2 Å². The van der Waals surface area contributed by atoms with E-state index in [9.17, 15) is 4.79 Å². The Hall–Kier alpha value is -3.26. The molecule has 0 saturated heterocycles. The molecule has 0 radical (unpaired) electrons. The maximum atomic E-state index is 12.4. The minimum Gasteiger partial charge on any atom is -0.497 e. The Morgan fingerprint density at radius 2 is 2.08 bits per heavy atom. The van der Waals surface area contributed by atoms with Gasteiger partial charge in [-0.3, -0.25) is 14.7 Å². The number of imidazole rings is 1. The summed E-state index contributed by atoms with van der Waals surface area (Å²) in [5.41, 5.74) is 2.74. The van der Waals surface area contributed by atoms with Gasteiger partial charge in [0.05, 0.1) is 41.8 Å². The molecule has 0 spiro atoms. The van der Waals surface area contributed by atoms with Crippen LogP contribution in [-0.4, -0.2) is 31.3 Å². The number of amides is 1. The zero-order chi connectivity index (χ0) is 17.2. The first-order valence-electron chi connectivity index (χ1n) is 7.47. The molecular weight excluding hydrogens is 338 g/mol. The SMILES string of the molecule is COc1cccc(-n2c(NC(=O)c3cnsn3)nc3ccccc32)c1. The normalized spacial score (nSPS) is 10.8. The Kier molecular flexibility index (Phi) is 3.87. The number of carbonyl (C=O) groups is 1. The number of nitrogens with zero attached hydrogens (tertiary/aromatic N) is 4. The van der Waals surface area contributed by atoms with E-state index in [0.29, 0.717) is 5.95 Å². The van der Waals surface area contributed by atoms with Gasteiger partial charge in [0.15, 0.2) is 5.69 Å². The summed E-state index contributed by atoms with van der Waals surface area (Å²) in [6, 6.07) is 15.2. The Morgan fingerprint density at radius 1 is 1.20 bits per heavy atom. The summed E-state index contributed by atoms with van der Waals surface area (Å²) in [6.45, 7) is 0. The largest absolute Gasteiger partial charge is 0.497 e. The van der Waals surface area contributed by atoms with Gasteiger partial charge in [-0.25, -0.2) is 4.98 Å². The van der Waals surface area contributed by atoms with Crippen LogP contribution in [0.3, 0.4) is 0 Å². The Balaban J connectivity index is 1.84. The van der Waals surface area contributed by atoms with Crippen LogP contribution in [0.5, 0.6) is 5.75 Å². The molecule has 0 saturated carbocycles. The molecule has 1 amide bonds. The van der Waals surface area contributed by atoms with Crippen molar-refractivity contribution in [1.29, 1.82) is 0 Å². The molecule has 0 bridgehead atoms. The minimum atomic E-state index is -0.354. The average Bonchev–Trinajstić information content (AvgIpc) is 3.29. The molecule has 124 valence electrons. The van der Waals surface area contributed by atoms with Gasteiger partial charge >= 0.3 is 0 Å². The molecule has 4 aromatic rings. The molecule has 2 aromatic heterocycles. The van der Waals surface area contributed by atoms with E-state index in [2.05, 4.69) is 19.0 Å². The van der Waals surface area contributed by atoms with Crippen LogP contribution in [0.15, 0.2) is 54.7 Å². The number of ether oxygens (including phenoxy) is 1. The molecule has 4 rings (SSSR count). The lowest BCUT2D eigenvalue weighted by molar-refractivity contribution is 0.102. The topological polar surface area (TPSA) is 81.9 Å². The van der Waals surface area contributed by atoms with Crippen LogP contribution in [0, 0.1) is 0 Å². The first-order chi connectivity index (χ1) is 12.3. The summed E-state index contributed by atoms with van der Waals surface area (Å²) < 4.78 is 15.0. The van der Waals surface area contributed by atoms with Crippen molar-refractivity contribution >= 4 is 34.6 Å². The van der Waals surface area contributed by atoms with Crippen LogP contribution >= 0.6 is 11.7 Å². The number of fused-ring (bicyclic) bond motifs is 1. The van der Waals surface area contributed by atoms with Crippen molar-refractivity contribution in [1.82, 2.24) is 18.3 Å². The smallest absolute Gasteiger partial charge is 0.279 e. The quantitative estimate of drug-likeness (QED) is 0.611. The van der Waals surface area contributed by atoms with Crippen molar-refractivity contribution < 1.29 is 9.53 Å². The molecule has 0 aliphatic carbocycles. The summed E-state index contributed by atoms with van der Waals surface area (Å²) >= 11 is 0.984. The second-order valence-electron chi connectivity index (χ2n) is 5.21. The highest BCUT2D eigenvalue weighted by atomic mass is 32.1. The van der Waals surface area contributed by atoms with Gasteiger partial charge < -0.3 is 4.74 Å². The van der Waals surface area contributed by atoms with Gasteiger partial charge in [0, 0.05) is 6.07 Å². The van der Waals surface area contributed by atoms with E-state index in [1.165, 1.54) is 6.20 Å². The van der Waals surface area contributed by atoms with Crippen molar-refractivity contribution in [2.24, 2.45) is 0 Å². The molecule has 25 heavy (non-hydrogen) atoms. The molecule has 0 fully saturated rings. The number of hydrogen-bond donors (Lipinski definition) is 1. The number of rotatable bonds is 4. The fourth-order valence-electron chi connectivity index (χ4n) is 2.55. The first-order valence-corrected chi connectivity index (χ1v) is 8.20. The molecule has 0 unspecified atom stereocenters. The third-order valence-electron chi connectivity index (χ3n) is 3.69. The summed E-state index contributed by atoms with van der Waals surface area (Å²) in [5, 5.41) is 2.81. The van der Waals surface area contributed by atoms with Crippen LogP contribution in [0.25, 0.3) is 16.7 Å². The summed E-state index contributed by atoms with van der Waals surface area (Å²) in [6.07, 6.45) is 1.43. The van der Waals surface area contributed by atoms with Crippen molar-refractivity contribution in [2.75, 3.05) is 12.4 Å². The number of hydrogen-bond acceptors (Lipinski definition) is 6. The standard InChI is InChI=1S/C17H13N5O2S/c1-24-12-6-4-5-11(9-12)22-15-8-3-2-7-13(15)19-17(22)20-16(23)14-10-18-25-21-14/h2-10H,1H3,(H,19,20,23). The number of anilines is 1. The average molecular weight is 351 g/mol. The van der Waals surface area contributed by atoms with Gasteiger partial charge in [-0.05, 0) is 24.3 Å². The molecule has 1 N–H and O–H groups in total. The van der Waals surface area contributed by atoms with Crippen molar-refractivity contribution in [3.05, 3.63) is 60.4 Å². The number of methoxy groups -OCH3 is 1. The number of nitrogens with one attached hydrogen (secondary N) is 1. The summed E-state index contributed by atoms with van der Waals surface area (Å²) in [7, 11) is 1.61. The lowest BCUT2D eigenvalue weighted by Crippen LogP contribution is -2.15. The predicted molar refractivity (Wildman–Crippen MR) is 95.5 cm³/mol. The van der Waals surface area contributed by atoms with E-state index < -0.39 is 0 Å². The van der Waals surface area contributed by atoms with E-state index in [-0.39, 0.29) is 11.6 Å². The number of para-hydroxylation sites is 2. The highest BCUT2D eigenvalue weighted by Gasteiger charge is 2.17. The first kappa shape index (κ1) is 15.3. The molecule has 2 aromatic carbocycles. The van der Waals surface area contributed by atoms with Crippen LogP contribution < -0.4 is 10.1 Å². The van der Waals surface area contributed by atoms with Gasteiger partial charge in [-0.1, -0.05) is 18.2 Å². The monoisotopic (exact) mass is 351 g/mol. The van der Waals surface area contributed by atoms with E-state index in [4.69, 9.17) is 4.74 Å². The van der Waals surface area contributed by atoms with Crippen molar-refractivity contribution in [2.45, 2.75) is 0 Å². The van der Waals surface area contributed by atoms with Crippen molar-refractivity contribution in [3.63, 3.8) is 0 Å². The maximum Gasteiger partial charge on any atom is 0.279 e. The number of aromatic nitrogens is 4. The Bertz CT molecular complexity index is 1040. The molecule has 0 atom stereocenters. The second-order valence-corrected chi connectivity index (χ2v) is 5.76. The molecule has 7 nitrogen and oxygen atoms in total. The predicted octanol–water partition coefficient (Wildman–Crippen LogP) is 3.14. The fourth-order valence-corrected chi connectivity index (χ4v) is 2.96. The number of carbonyl (C=O) groups excluding carboxylic acids is 1. The third-order valence-corrected chi connectivity index (χ3v) is 4.17. The highest BCUT2D eigenvalue weighted by Crippen LogP contribution is 2.27. The van der Waals surface area contributed by atoms with Gasteiger partial charge in [0.25, 0.3) is 5.91 Å². The van der Waals surface area contributed by atoms with E-state index in [1.807, 2.05) is 53.1 Å². The molecule has 8 heteroatoms. The van der Waals surface area contributed by atoms with Crippen LogP contribution in [0.2, 0.25) is 0 Å². The lowest BCUT2D eigenvalue weighted by Gasteiger charge is -2.11. The highest BCUT2D eigenvalue weighted by molar-refractivity contribution is 6.99. The van der Waals surface area contributed by atoms with E-state index in [1.54, 1.807) is 7.11 Å². The van der Waals surface area contributed by atoms with Crippen LogP contribution in [0.4, 0.5) is 5.95 Å². The Labute approximate surface area is 147 Å². The maximum absolute atomic E-state index is 12.4. The zero-order valence-electron chi connectivity index (χ0n) is 13.2. The van der Waals surface area contributed by atoms with Gasteiger partial charge in [0.2, 0.25) is 5.95 Å². The summed E-state index contributed by atoms with van der Waals surface area (Å²) in [5.74, 6) is 0.775. The fraction of sp³-hybridized carbons (Fsp3) is 0.0588. The van der Waals surface area contributed by atoms with Gasteiger partial charge in [-0.2, -0.15) is 8.75 Å². The van der Waals surface area contributed by atoms with Crippen LogP contribution in [0.1, 0.15) is 10.5 Å².